The quantitative estimate of drug-likeness (QED) is 0.637. The zero-order chi connectivity index (χ0) is 11.7. The van der Waals surface area contributed by atoms with Gasteiger partial charge < -0.3 is 0 Å². The molecule has 0 unspecified atom stereocenters. The van der Waals surface area contributed by atoms with Crippen molar-refractivity contribution in [2.45, 2.75) is 0 Å². The van der Waals surface area contributed by atoms with Gasteiger partial charge in [0.15, 0.2) is 0 Å². The molecule has 0 aliphatic carbocycles. The third-order valence-electron chi connectivity index (χ3n) is 2.83. The molecule has 0 aliphatic heterocycles. The monoisotopic (exact) mass is 218 g/mol. The third-order valence-corrected chi connectivity index (χ3v) is 2.83. The van der Waals surface area contributed by atoms with Gasteiger partial charge in [0.25, 0.3) is 0 Å². The second-order valence-electron chi connectivity index (χ2n) is 4.01. The summed E-state index contributed by atoms with van der Waals surface area (Å²) in [5, 5.41) is 2.35. The fraction of sp³-hybridized carbons (Fsp3) is 0. The van der Waals surface area contributed by atoms with E-state index in [1.165, 1.54) is 5.28 Å². The van der Waals surface area contributed by atoms with Gasteiger partial charge in [-0.25, -0.2) is 0 Å². The molecule has 0 radical (unpaired) electrons. The molecule has 0 amide bonds. The first-order chi connectivity index (χ1) is 8.34. The molecular weight excluding hydrogens is 207 g/mol. The van der Waals surface area contributed by atoms with Crippen LogP contribution in [-0.2, 0) is 0 Å². The molecule has 0 atom stereocenters. The fourth-order valence-corrected chi connectivity index (χ4v) is 2.04. The normalized spacial score (nSPS) is 10.4. The molecule has 2 N–H and O–H groups in total. The standard InChI is InChI=1S/C14H11BN2/c16-11-5-3-4-10(8-11)14-12-6-1-2-7-13(12)15-9-17-14/h1-9H,16H2. The molecule has 0 saturated carbocycles. The van der Waals surface area contributed by atoms with Gasteiger partial charge in [-0.2, -0.15) is 0 Å². The van der Waals surface area contributed by atoms with Crippen molar-refractivity contribution in [2.24, 2.45) is 0 Å². The van der Waals surface area contributed by atoms with Crippen LogP contribution in [-0.4, -0.2) is 11.9 Å². The number of rotatable bonds is 1. The molecule has 0 spiro atoms. The number of fused-ring (bicyclic) bond motifs is 1. The molecule has 0 fully saturated rings. The fourth-order valence-electron chi connectivity index (χ4n) is 2.04. The summed E-state index contributed by atoms with van der Waals surface area (Å²) in [7, 11) is 0. The van der Waals surface area contributed by atoms with Crippen molar-refractivity contribution in [3.05, 3.63) is 54.6 Å². The second kappa shape index (κ2) is 4.02. The van der Waals surface area contributed by atoms with E-state index in [9.17, 15) is 0 Å². The minimum atomic E-state index is 0.761. The molecule has 3 rings (SSSR count). The maximum absolute atomic E-state index is 5.81. The van der Waals surface area contributed by atoms with Crippen molar-refractivity contribution in [1.82, 2.24) is 4.98 Å². The van der Waals surface area contributed by atoms with Crippen molar-refractivity contribution >= 4 is 23.3 Å². The molecule has 80 valence electrons. The second-order valence-corrected chi connectivity index (χ2v) is 4.01. The number of nitrogen functional groups attached to an aromatic ring is 1. The first kappa shape index (κ1) is 10.0. The number of nitrogens with two attached hydrogens (primary N) is 1. The molecule has 2 aromatic carbocycles. The molecular formula is C14H11BN2. The Labute approximate surface area is 100 Å². The Bertz CT molecular complexity index is 674. The topological polar surface area (TPSA) is 38.9 Å². The Morgan fingerprint density at radius 3 is 2.76 bits per heavy atom. The van der Waals surface area contributed by atoms with E-state index in [0.29, 0.717) is 0 Å². The molecule has 0 bridgehead atoms. The van der Waals surface area contributed by atoms with Gasteiger partial charge in [-0.3, -0.25) is 0 Å². The van der Waals surface area contributed by atoms with Crippen molar-refractivity contribution in [3.63, 3.8) is 0 Å². The average Bonchev–Trinajstić information content (AvgIpc) is 2.38. The van der Waals surface area contributed by atoms with Gasteiger partial charge in [0.2, 0.25) is 0 Å². The van der Waals surface area contributed by atoms with E-state index in [1.807, 2.05) is 49.4 Å². The maximum atomic E-state index is 5.81. The van der Waals surface area contributed by atoms with Gasteiger partial charge in [-0.15, -0.1) is 0 Å². The number of aromatic nitrogens is 1. The summed E-state index contributed by atoms with van der Waals surface area (Å²) in [6, 6.07) is 16.1. The van der Waals surface area contributed by atoms with Gasteiger partial charge in [0.1, 0.15) is 0 Å². The van der Waals surface area contributed by atoms with E-state index in [-0.39, 0.29) is 0 Å². The molecule has 1 aromatic heterocycles. The van der Waals surface area contributed by atoms with Crippen LogP contribution in [0.3, 0.4) is 0 Å². The third kappa shape index (κ3) is 1.80. The Balaban J connectivity index is 2.30. The van der Waals surface area contributed by atoms with Crippen LogP contribution in [0.15, 0.2) is 54.6 Å². The van der Waals surface area contributed by atoms with Crippen LogP contribution < -0.4 is 5.73 Å². The van der Waals surface area contributed by atoms with Gasteiger partial charge in [-0.1, -0.05) is 0 Å². The predicted octanol–water partition coefficient (Wildman–Crippen LogP) is 2.82. The van der Waals surface area contributed by atoms with Gasteiger partial charge in [-0.05, 0) is 0 Å². The van der Waals surface area contributed by atoms with Crippen LogP contribution in [0.4, 0.5) is 5.69 Å². The number of anilines is 1. The molecule has 2 nitrogen and oxygen atoms in total. The van der Waals surface area contributed by atoms with Crippen molar-refractivity contribution in [2.75, 3.05) is 5.73 Å². The van der Waals surface area contributed by atoms with Gasteiger partial charge >= 0.3 is 99.9 Å². The van der Waals surface area contributed by atoms with Crippen LogP contribution >= 0.6 is 0 Å². The Morgan fingerprint density at radius 1 is 1.00 bits per heavy atom. The van der Waals surface area contributed by atoms with Crippen LogP contribution in [0.5, 0.6) is 0 Å². The van der Waals surface area contributed by atoms with Crippen molar-refractivity contribution in [1.29, 1.82) is 0 Å². The zero-order valence-corrected chi connectivity index (χ0v) is 9.30. The Hall–Kier alpha value is -2.16. The number of nitrogens with zero attached hydrogens (tertiary/aromatic N) is 1. The summed E-state index contributed by atoms with van der Waals surface area (Å²) in [5.74, 6) is 0. The molecule has 1 heterocycles. The van der Waals surface area contributed by atoms with E-state index < -0.39 is 0 Å². The van der Waals surface area contributed by atoms with E-state index in [4.69, 9.17) is 5.73 Å². The molecule has 3 heteroatoms. The van der Waals surface area contributed by atoms with Crippen molar-refractivity contribution in [3.8, 4) is 11.3 Å². The zero-order valence-electron chi connectivity index (χ0n) is 9.30. The molecule has 17 heavy (non-hydrogen) atoms. The van der Waals surface area contributed by atoms with Crippen LogP contribution in [0, 0.1) is 0 Å². The summed E-state index contributed by atoms with van der Waals surface area (Å²) >= 11 is 0. The SMILES string of the molecule is Nc1cccc(-c2ncbc3ccccc23)c1. The number of hydrogen-bond acceptors (Lipinski definition) is 2. The van der Waals surface area contributed by atoms with E-state index in [2.05, 4.69) is 17.1 Å². The molecule has 0 aliphatic rings. The number of hydrogen-bond donors (Lipinski definition) is 1. The average molecular weight is 218 g/mol. The van der Waals surface area contributed by atoms with E-state index in [1.54, 1.807) is 0 Å². The summed E-state index contributed by atoms with van der Waals surface area (Å²) in [6.45, 7) is 2.02. The van der Waals surface area contributed by atoms with E-state index >= 15 is 0 Å². The van der Waals surface area contributed by atoms with Crippen LogP contribution in [0.1, 0.15) is 0 Å². The van der Waals surface area contributed by atoms with Gasteiger partial charge in [0.05, 0.1) is 0 Å². The summed E-state index contributed by atoms with van der Waals surface area (Å²) in [4.78, 5) is 4.46. The first-order valence-electron chi connectivity index (χ1n) is 5.54. The van der Waals surface area contributed by atoms with Crippen molar-refractivity contribution < 1.29 is 0 Å². The Morgan fingerprint density at radius 2 is 1.88 bits per heavy atom. The van der Waals surface area contributed by atoms with Crippen LogP contribution in [0.25, 0.3) is 21.9 Å². The summed E-state index contributed by atoms with van der Waals surface area (Å²) in [5.41, 5.74) is 8.61. The number of benzene rings is 2. The van der Waals surface area contributed by atoms with E-state index in [0.717, 1.165) is 22.3 Å². The van der Waals surface area contributed by atoms with Crippen LogP contribution in [0.2, 0.25) is 0 Å². The summed E-state index contributed by atoms with van der Waals surface area (Å²) < 4.78 is 0. The minimum absolute atomic E-state index is 0.761. The summed E-state index contributed by atoms with van der Waals surface area (Å²) in [6.07, 6.45) is 1.83. The molecule has 0 saturated heterocycles. The predicted molar refractivity (Wildman–Crippen MR) is 72.9 cm³/mol. The first-order valence-corrected chi connectivity index (χ1v) is 5.54. The molecule has 3 aromatic rings. The Kier molecular flexibility index (Phi) is 2.37. The van der Waals surface area contributed by atoms with Gasteiger partial charge in [0, 0.05) is 0 Å².